The second kappa shape index (κ2) is 9.90. The Balaban J connectivity index is 2.38. The molecule has 2 rings (SSSR count). The molecule has 3 N–H and O–H groups in total. The van der Waals surface area contributed by atoms with Crippen molar-refractivity contribution in [3.8, 4) is 5.75 Å². The zero-order valence-electron chi connectivity index (χ0n) is 16.1. The van der Waals surface area contributed by atoms with Crippen molar-refractivity contribution < 1.29 is 29.3 Å². The number of phenols is 1. The van der Waals surface area contributed by atoms with Gasteiger partial charge in [0.05, 0.1) is 4.47 Å². The molecule has 0 spiro atoms. The minimum Gasteiger partial charge on any atom is -0.506 e. The molecule has 0 aliphatic heterocycles. The third kappa shape index (κ3) is 6.17. The Morgan fingerprint density at radius 1 is 1.13 bits per heavy atom. The number of aliphatic carboxylic acids is 1. The number of hydrogen-bond acceptors (Lipinski definition) is 5. The number of carboxylic acid groups (broad SMARTS) is 1. The Labute approximate surface area is 190 Å². The van der Waals surface area contributed by atoms with Gasteiger partial charge < -0.3 is 14.9 Å². The van der Waals surface area contributed by atoms with Crippen LogP contribution in [0.1, 0.15) is 35.9 Å². The van der Waals surface area contributed by atoms with E-state index in [2.05, 4.69) is 37.2 Å². The van der Waals surface area contributed by atoms with Crippen LogP contribution in [0.4, 0.5) is 4.79 Å². The van der Waals surface area contributed by atoms with Crippen molar-refractivity contribution in [2.24, 2.45) is 5.41 Å². The van der Waals surface area contributed by atoms with Gasteiger partial charge in [0, 0.05) is 27.1 Å². The predicted octanol–water partition coefficient (Wildman–Crippen LogP) is 5.19. The first-order chi connectivity index (χ1) is 14.0. The number of amides is 2. The number of imide groups is 1. The molecule has 2 aromatic rings. The number of carbonyl (C=O) groups excluding carboxylic acids is 2. The number of halogens is 2. The molecular weight excluding hydrogens is 522 g/mol. The van der Waals surface area contributed by atoms with Crippen molar-refractivity contribution >= 4 is 49.8 Å². The average molecular weight is 541 g/mol. The quantitative estimate of drug-likeness (QED) is 0.434. The van der Waals surface area contributed by atoms with Crippen molar-refractivity contribution in [2.45, 2.75) is 20.0 Å². The molecular formula is C21H19Br2NO6. The van der Waals surface area contributed by atoms with Crippen molar-refractivity contribution in [2.75, 3.05) is 0 Å². The van der Waals surface area contributed by atoms with Crippen molar-refractivity contribution in [1.82, 2.24) is 5.32 Å². The van der Waals surface area contributed by atoms with Gasteiger partial charge >= 0.3 is 12.1 Å². The van der Waals surface area contributed by atoms with E-state index in [9.17, 15) is 19.5 Å². The molecule has 158 valence electrons. The number of phenolic OH excluding ortho intramolecular Hbond substituents is 1. The summed E-state index contributed by atoms with van der Waals surface area (Å²) < 4.78 is 6.44. The van der Waals surface area contributed by atoms with E-state index < -0.39 is 29.5 Å². The highest BCUT2D eigenvalue weighted by atomic mass is 79.9. The van der Waals surface area contributed by atoms with Crippen LogP contribution in [0.2, 0.25) is 0 Å². The van der Waals surface area contributed by atoms with Crippen LogP contribution in [0.25, 0.3) is 0 Å². The summed E-state index contributed by atoms with van der Waals surface area (Å²) in [6, 6.07) is 11.3. The number of carboxylic acids is 1. The molecule has 0 fully saturated rings. The molecule has 0 aliphatic carbocycles. The maximum atomic E-state index is 12.5. The summed E-state index contributed by atoms with van der Waals surface area (Å²) in [6.07, 6.45) is 0.111. The van der Waals surface area contributed by atoms with Gasteiger partial charge in [0.15, 0.2) is 0 Å². The first-order valence-corrected chi connectivity index (χ1v) is 10.3. The molecule has 30 heavy (non-hydrogen) atoms. The highest BCUT2D eigenvalue weighted by Crippen LogP contribution is 2.45. The average Bonchev–Trinajstić information content (AvgIpc) is 2.68. The molecule has 0 radical (unpaired) electrons. The third-order valence-electron chi connectivity index (χ3n) is 4.15. The zero-order chi connectivity index (χ0) is 22.5. The molecule has 9 heteroatoms. The topological polar surface area (TPSA) is 113 Å². The lowest BCUT2D eigenvalue weighted by atomic mass is 9.81. The lowest BCUT2D eigenvalue weighted by molar-refractivity contribution is -0.131. The Hall–Kier alpha value is -2.65. The van der Waals surface area contributed by atoms with Crippen LogP contribution in [-0.2, 0) is 9.53 Å². The largest absolute Gasteiger partial charge is 0.506 e. The normalized spacial score (nSPS) is 12.4. The summed E-state index contributed by atoms with van der Waals surface area (Å²) in [5, 5.41) is 21.6. The van der Waals surface area contributed by atoms with Crippen LogP contribution >= 0.6 is 31.9 Å². The van der Waals surface area contributed by atoms with Crippen molar-refractivity contribution in [3.05, 3.63) is 74.7 Å². The maximum absolute atomic E-state index is 12.5. The molecule has 0 heterocycles. The van der Waals surface area contributed by atoms with E-state index in [1.165, 1.54) is 18.2 Å². The highest BCUT2D eigenvalue weighted by Gasteiger charge is 2.35. The fraction of sp³-hybridized carbons (Fsp3) is 0.190. The first kappa shape index (κ1) is 23.6. The fourth-order valence-corrected chi connectivity index (χ4v) is 3.92. The fourth-order valence-electron chi connectivity index (χ4n) is 2.67. The van der Waals surface area contributed by atoms with E-state index in [4.69, 9.17) is 9.84 Å². The highest BCUT2D eigenvalue weighted by molar-refractivity contribution is 9.11. The maximum Gasteiger partial charge on any atom is 0.414 e. The van der Waals surface area contributed by atoms with Crippen LogP contribution in [-0.4, -0.2) is 28.2 Å². The van der Waals surface area contributed by atoms with Gasteiger partial charge in [0.1, 0.15) is 11.9 Å². The molecule has 0 bridgehead atoms. The second-order valence-electron chi connectivity index (χ2n) is 6.92. The molecule has 0 unspecified atom stereocenters. The molecule has 2 amide bonds. The Morgan fingerprint density at radius 2 is 1.77 bits per heavy atom. The Bertz CT molecular complexity index is 988. The SMILES string of the molecule is CC(C)(/C=C/C(=O)O)[C@@H](OC(=O)NC(=O)c1ccccc1)c1cc(Br)cc(Br)c1O. The number of nitrogens with one attached hydrogen (secondary N) is 1. The van der Waals surface area contributed by atoms with Crippen LogP contribution in [0, 0.1) is 5.41 Å². The van der Waals surface area contributed by atoms with Gasteiger partial charge in [-0.25, -0.2) is 9.59 Å². The number of rotatable bonds is 6. The third-order valence-corrected chi connectivity index (χ3v) is 5.21. The lowest BCUT2D eigenvalue weighted by Gasteiger charge is -2.32. The van der Waals surface area contributed by atoms with Crippen LogP contribution in [0.15, 0.2) is 63.6 Å². The molecule has 0 saturated heterocycles. The van der Waals surface area contributed by atoms with Crippen LogP contribution < -0.4 is 5.32 Å². The van der Waals surface area contributed by atoms with E-state index in [-0.39, 0.29) is 16.9 Å². The number of benzene rings is 2. The predicted molar refractivity (Wildman–Crippen MR) is 117 cm³/mol. The smallest absolute Gasteiger partial charge is 0.414 e. The number of ether oxygens (including phenoxy) is 1. The van der Waals surface area contributed by atoms with Gasteiger partial charge in [0.25, 0.3) is 5.91 Å². The van der Waals surface area contributed by atoms with Gasteiger partial charge in [-0.2, -0.15) is 0 Å². The number of hydrogen-bond donors (Lipinski definition) is 3. The number of aromatic hydroxyl groups is 1. The summed E-state index contributed by atoms with van der Waals surface area (Å²) >= 11 is 6.55. The molecule has 0 saturated carbocycles. The van der Waals surface area contributed by atoms with Gasteiger partial charge in [-0.1, -0.05) is 54.1 Å². The van der Waals surface area contributed by atoms with Gasteiger partial charge in [0.2, 0.25) is 0 Å². The van der Waals surface area contributed by atoms with Crippen LogP contribution in [0.3, 0.4) is 0 Å². The second-order valence-corrected chi connectivity index (χ2v) is 8.69. The summed E-state index contributed by atoms with van der Waals surface area (Å²) in [7, 11) is 0. The minimum atomic E-state index is -1.18. The van der Waals surface area contributed by atoms with Crippen LogP contribution in [0.5, 0.6) is 5.75 Å². The van der Waals surface area contributed by atoms with E-state index in [1.807, 2.05) is 0 Å². The monoisotopic (exact) mass is 539 g/mol. The summed E-state index contributed by atoms with van der Waals surface area (Å²) in [6.45, 7) is 3.27. The van der Waals surface area contributed by atoms with Gasteiger partial charge in [-0.05, 0) is 40.2 Å². The number of alkyl carbamates (subject to hydrolysis) is 1. The van der Waals surface area contributed by atoms with Gasteiger partial charge in [-0.3, -0.25) is 10.1 Å². The summed E-state index contributed by atoms with van der Waals surface area (Å²) in [5.41, 5.74) is -0.564. The van der Waals surface area contributed by atoms with E-state index in [1.54, 1.807) is 44.2 Å². The number of carbonyl (C=O) groups is 3. The Morgan fingerprint density at radius 3 is 2.37 bits per heavy atom. The molecule has 1 atom stereocenters. The van der Waals surface area contributed by atoms with E-state index in [0.717, 1.165) is 6.08 Å². The Kier molecular flexibility index (Phi) is 7.80. The molecule has 2 aromatic carbocycles. The molecule has 0 aliphatic rings. The lowest BCUT2D eigenvalue weighted by Crippen LogP contribution is -2.35. The van der Waals surface area contributed by atoms with E-state index >= 15 is 0 Å². The zero-order valence-corrected chi connectivity index (χ0v) is 19.2. The van der Waals surface area contributed by atoms with E-state index in [0.29, 0.717) is 8.95 Å². The first-order valence-electron chi connectivity index (χ1n) is 8.68. The standard InChI is InChI=1S/C21H19Br2NO6/c1-21(2,9-8-16(25)26)18(14-10-13(22)11-15(23)17(14)27)30-20(29)24-19(28)12-6-4-3-5-7-12/h3-11,18,27H,1-2H3,(H,25,26)(H,24,28,29)/b9-8+/t18-/m0/s1. The van der Waals surface area contributed by atoms with Gasteiger partial charge in [-0.15, -0.1) is 0 Å². The van der Waals surface area contributed by atoms with Crippen molar-refractivity contribution in [1.29, 1.82) is 0 Å². The molecule has 0 aromatic heterocycles. The minimum absolute atomic E-state index is 0.179. The molecule has 7 nitrogen and oxygen atoms in total. The summed E-state index contributed by atoms with van der Waals surface area (Å²) in [4.78, 5) is 35.7. The summed E-state index contributed by atoms with van der Waals surface area (Å²) in [5.74, 6) is -2.01. The van der Waals surface area contributed by atoms with Crippen molar-refractivity contribution in [3.63, 3.8) is 0 Å².